The highest BCUT2D eigenvalue weighted by atomic mass is 32.2. The van der Waals surface area contributed by atoms with Crippen LogP contribution in [0, 0.1) is 17.8 Å². The molecule has 0 aliphatic heterocycles. The first-order valence-electron chi connectivity index (χ1n) is 9.57. The molecule has 4 saturated carbocycles. The van der Waals surface area contributed by atoms with E-state index < -0.39 is 0 Å². The second-order valence-electron chi connectivity index (χ2n) is 8.51. The molecule has 5 rings (SSSR count). The average Bonchev–Trinajstić information content (AvgIpc) is 2.57. The van der Waals surface area contributed by atoms with Crippen LogP contribution < -0.4 is 5.32 Å². The largest absolute Gasteiger partial charge is 0.355 e. The summed E-state index contributed by atoms with van der Waals surface area (Å²) in [5, 5.41) is 3.15. The first kappa shape index (κ1) is 16.5. The van der Waals surface area contributed by atoms with Gasteiger partial charge < -0.3 is 5.32 Å². The summed E-state index contributed by atoms with van der Waals surface area (Å²) in [6.45, 7) is 2.92. The van der Waals surface area contributed by atoms with Gasteiger partial charge in [-0.3, -0.25) is 4.79 Å². The van der Waals surface area contributed by atoms with E-state index in [0.29, 0.717) is 16.4 Å². The lowest BCUT2D eigenvalue weighted by atomic mass is 9.56. The highest BCUT2D eigenvalue weighted by Gasteiger charge is 2.51. The van der Waals surface area contributed by atoms with E-state index in [1.54, 1.807) is 0 Å². The smallest absolute Gasteiger partial charge is 0.230 e. The Morgan fingerprint density at radius 2 is 1.71 bits per heavy atom. The van der Waals surface area contributed by atoms with Gasteiger partial charge in [0.05, 0.1) is 5.75 Å². The maximum absolute atomic E-state index is 12.3. The summed E-state index contributed by atoms with van der Waals surface area (Å²) in [5.41, 5.74) is 1.30. The molecule has 0 heterocycles. The standard InChI is InChI=1S/C21H29NOS/c1-15(19-5-3-2-4-6-19)13-22-20(23)14-24-21-10-16-7-17(11-21)9-18(8-16)12-21/h2-6,15-18H,7-14H2,1H3,(H,22,23)/t15-,16?,17?,18?,21?/m1/s1. The number of benzene rings is 1. The maximum Gasteiger partial charge on any atom is 0.230 e. The number of hydrogen-bond acceptors (Lipinski definition) is 2. The van der Waals surface area contributed by atoms with Crippen molar-refractivity contribution in [2.24, 2.45) is 17.8 Å². The van der Waals surface area contributed by atoms with E-state index in [0.717, 1.165) is 24.3 Å². The van der Waals surface area contributed by atoms with Gasteiger partial charge in [0.1, 0.15) is 0 Å². The Kier molecular flexibility index (Phi) is 4.64. The lowest BCUT2D eigenvalue weighted by molar-refractivity contribution is -0.118. The Balaban J connectivity index is 1.25. The highest BCUT2D eigenvalue weighted by Crippen LogP contribution is 2.60. The number of nitrogens with one attached hydrogen (secondary N) is 1. The molecule has 2 nitrogen and oxygen atoms in total. The third kappa shape index (κ3) is 3.51. The molecule has 1 aromatic rings. The van der Waals surface area contributed by atoms with Crippen molar-refractivity contribution in [1.82, 2.24) is 5.32 Å². The van der Waals surface area contributed by atoms with E-state index in [4.69, 9.17) is 0 Å². The molecule has 3 heteroatoms. The molecule has 1 atom stereocenters. The van der Waals surface area contributed by atoms with Crippen LogP contribution in [0.1, 0.15) is 56.9 Å². The van der Waals surface area contributed by atoms with Crippen molar-refractivity contribution in [2.45, 2.75) is 56.1 Å². The fourth-order valence-electron chi connectivity index (χ4n) is 5.64. The van der Waals surface area contributed by atoms with Gasteiger partial charge in [0.25, 0.3) is 0 Å². The molecule has 0 unspecified atom stereocenters. The summed E-state index contributed by atoms with van der Waals surface area (Å²) in [7, 11) is 0. The van der Waals surface area contributed by atoms with E-state index in [9.17, 15) is 4.79 Å². The molecule has 4 aliphatic carbocycles. The Hall–Kier alpha value is -0.960. The van der Waals surface area contributed by atoms with Crippen molar-refractivity contribution in [3.8, 4) is 0 Å². The van der Waals surface area contributed by atoms with Gasteiger partial charge in [0.15, 0.2) is 0 Å². The molecular weight excluding hydrogens is 314 g/mol. The molecule has 4 fully saturated rings. The van der Waals surface area contributed by atoms with Crippen molar-refractivity contribution in [2.75, 3.05) is 12.3 Å². The number of amides is 1. The number of thioether (sulfide) groups is 1. The van der Waals surface area contributed by atoms with Crippen LogP contribution in [-0.4, -0.2) is 23.0 Å². The Morgan fingerprint density at radius 1 is 1.12 bits per heavy atom. The fraction of sp³-hybridized carbons (Fsp3) is 0.667. The monoisotopic (exact) mass is 343 g/mol. The van der Waals surface area contributed by atoms with Crippen LogP contribution in [0.15, 0.2) is 30.3 Å². The van der Waals surface area contributed by atoms with Crippen molar-refractivity contribution in [3.63, 3.8) is 0 Å². The van der Waals surface area contributed by atoms with Gasteiger partial charge in [-0.1, -0.05) is 37.3 Å². The zero-order valence-electron chi connectivity index (χ0n) is 14.7. The topological polar surface area (TPSA) is 29.1 Å². The van der Waals surface area contributed by atoms with Gasteiger partial charge in [-0.25, -0.2) is 0 Å². The van der Waals surface area contributed by atoms with E-state index in [2.05, 4.69) is 36.5 Å². The summed E-state index contributed by atoms with van der Waals surface area (Å²) in [4.78, 5) is 12.3. The minimum atomic E-state index is 0.221. The maximum atomic E-state index is 12.3. The lowest BCUT2D eigenvalue weighted by Crippen LogP contribution is -2.49. The third-order valence-corrected chi connectivity index (χ3v) is 7.98. The van der Waals surface area contributed by atoms with Gasteiger partial charge in [-0.15, -0.1) is 11.8 Å². The molecule has 0 aromatic heterocycles. The van der Waals surface area contributed by atoms with Crippen molar-refractivity contribution in [3.05, 3.63) is 35.9 Å². The average molecular weight is 344 g/mol. The van der Waals surface area contributed by atoms with E-state index in [-0.39, 0.29) is 5.91 Å². The van der Waals surface area contributed by atoms with Crippen molar-refractivity contribution in [1.29, 1.82) is 0 Å². The zero-order valence-corrected chi connectivity index (χ0v) is 15.5. The van der Waals surface area contributed by atoms with Crippen LogP contribution >= 0.6 is 11.8 Å². The highest BCUT2D eigenvalue weighted by molar-refractivity contribution is 8.01. The molecule has 24 heavy (non-hydrogen) atoms. The molecule has 0 saturated heterocycles. The molecule has 1 N–H and O–H groups in total. The SMILES string of the molecule is C[C@H](CNC(=O)CSC12CC3CC(CC(C3)C1)C2)c1ccccc1. The second kappa shape index (κ2) is 6.74. The van der Waals surface area contributed by atoms with Crippen LogP contribution in [0.2, 0.25) is 0 Å². The molecule has 0 spiro atoms. The zero-order chi connectivity index (χ0) is 16.6. The molecule has 4 bridgehead atoms. The lowest BCUT2D eigenvalue weighted by Gasteiger charge is -2.56. The molecule has 1 aromatic carbocycles. The quantitative estimate of drug-likeness (QED) is 0.817. The molecule has 4 aliphatic rings. The number of carbonyl (C=O) groups is 1. The van der Waals surface area contributed by atoms with Gasteiger partial charge in [-0.05, 0) is 67.8 Å². The minimum Gasteiger partial charge on any atom is -0.355 e. The van der Waals surface area contributed by atoms with Crippen LogP contribution in [0.25, 0.3) is 0 Å². The summed E-state index contributed by atoms with van der Waals surface area (Å²) in [5.74, 6) is 4.13. The Labute approximate surface area is 150 Å². The van der Waals surface area contributed by atoms with Crippen LogP contribution in [0.5, 0.6) is 0 Å². The van der Waals surface area contributed by atoms with Gasteiger partial charge in [-0.2, -0.15) is 0 Å². The minimum absolute atomic E-state index is 0.221. The molecular formula is C21H29NOS. The molecule has 1 amide bonds. The Bertz CT molecular complexity index is 549. The third-order valence-electron chi connectivity index (χ3n) is 6.47. The number of hydrogen-bond donors (Lipinski definition) is 1. The van der Waals surface area contributed by atoms with Crippen LogP contribution in [0.3, 0.4) is 0 Å². The predicted molar refractivity (Wildman–Crippen MR) is 101 cm³/mol. The predicted octanol–water partition coefficient (Wildman–Crippen LogP) is 4.61. The van der Waals surface area contributed by atoms with Gasteiger partial charge >= 0.3 is 0 Å². The number of rotatable bonds is 6. The summed E-state index contributed by atoms with van der Waals surface area (Å²) in [6, 6.07) is 10.5. The molecule has 130 valence electrons. The number of carbonyl (C=O) groups excluding carboxylic acids is 1. The summed E-state index contributed by atoms with van der Waals surface area (Å²) >= 11 is 1.98. The van der Waals surface area contributed by atoms with E-state index >= 15 is 0 Å². The summed E-state index contributed by atoms with van der Waals surface area (Å²) in [6.07, 6.45) is 8.54. The second-order valence-corrected chi connectivity index (χ2v) is 9.95. The Morgan fingerprint density at radius 3 is 2.29 bits per heavy atom. The summed E-state index contributed by atoms with van der Waals surface area (Å²) < 4.78 is 0.442. The first-order valence-corrected chi connectivity index (χ1v) is 10.6. The van der Waals surface area contributed by atoms with Gasteiger partial charge in [0, 0.05) is 11.3 Å². The van der Waals surface area contributed by atoms with Crippen molar-refractivity contribution < 1.29 is 4.79 Å². The van der Waals surface area contributed by atoms with Gasteiger partial charge in [0.2, 0.25) is 5.91 Å². The van der Waals surface area contributed by atoms with E-state index in [1.807, 2.05) is 17.8 Å². The molecule has 0 radical (unpaired) electrons. The normalized spacial score (nSPS) is 35.0. The van der Waals surface area contributed by atoms with Crippen LogP contribution in [0.4, 0.5) is 0 Å². The fourth-order valence-corrected chi connectivity index (χ4v) is 7.24. The first-order chi connectivity index (χ1) is 11.6. The van der Waals surface area contributed by atoms with Crippen LogP contribution in [-0.2, 0) is 4.79 Å². The van der Waals surface area contributed by atoms with Crippen molar-refractivity contribution >= 4 is 17.7 Å². The van der Waals surface area contributed by atoms with E-state index in [1.165, 1.54) is 44.1 Å².